The zero-order valence-electron chi connectivity index (χ0n) is 11.9. The third-order valence-corrected chi connectivity index (χ3v) is 2.81. The van der Waals surface area contributed by atoms with E-state index < -0.39 is 0 Å². The van der Waals surface area contributed by atoms with E-state index in [1.807, 2.05) is 0 Å². The molecule has 1 aliphatic carbocycles. The van der Waals surface area contributed by atoms with Crippen molar-refractivity contribution in [3.63, 3.8) is 0 Å². The first-order chi connectivity index (χ1) is 8.24. The molecule has 0 spiro atoms. The highest BCUT2D eigenvalue weighted by atomic mass is 16.5. The van der Waals surface area contributed by atoms with Crippen molar-refractivity contribution in [3.8, 4) is 0 Å². The van der Waals surface area contributed by atoms with E-state index >= 15 is 0 Å². The second kappa shape index (κ2) is 12.3. The molecule has 0 atom stereocenters. The molecule has 0 unspecified atom stereocenters. The fourth-order valence-electron chi connectivity index (χ4n) is 1.28. The minimum absolute atomic E-state index is 0.583. The third kappa shape index (κ3) is 13.8. The van der Waals surface area contributed by atoms with Crippen LogP contribution in [0.15, 0.2) is 0 Å². The van der Waals surface area contributed by atoms with Crippen molar-refractivity contribution >= 4 is 0 Å². The van der Waals surface area contributed by atoms with E-state index in [1.54, 1.807) is 0 Å². The van der Waals surface area contributed by atoms with E-state index in [9.17, 15) is 0 Å². The van der Waals surface area contributed by atoms with Gasteiger partial charge in [0.25, 0.3) is 0 Å². The van der Waals surface area contributed by atoms with Gasteiger partial charge in [0.2, 0.25) is 0 Å². The maximum Gasteiger partial charge on any atom is 0.0591 e. The Morgan fingerprint density at radius 1 is 1.06 bits per heavy atom. The molecule has 1 saturated carbocycles. The fraction of sp³-hybridized carbons (Fsp3) is 1.00. The molecule has 2 aliphatic rings. The molecule has 0 amide bonds. The van der Waals surface area contributed by atoms with Crippen LogP contribution in [0.2, 0.25) is 0 Å². The van der Waals surface area contributed by atoms with Crippen LogP contribution in [0.1, 0.15) is 33.6 Å². The fourth-order valence-corrected chi connectivity index (χ4v) is 1.28. The van der Waals surface area contributed by atoms with Gasteiger partial charge < -0.3 is 20.7 Å². The quantitative estimate of drug-likeness (QED) is 0.781. The predicted octanol–water partition coefficient (Wildman–Crippen LogP) is 1.06. The van der Waals surface area contributed by atoms with Crippen molar-refractivity contribution < 1.29 is 4.74 Å². The number of nitrogens with two attached hydrogens (primary N) is 1. The smallest absolute Gasteiger partial charge is 0.0591 e. The summed E-state index contributed by atoms with van der Waals surface area (Å²) in [5, 5.41) is 3.16. The Bertz CT molecular complexity index is 127. The molecule has 0 aromatic carbocycles. The monoisotopic (exact) mass is 245 g/mol. The molecule has 0 aromatic heterocycles. The Balaban J connectivity index is 0.000000233. The van der Waals surface area contributed by atoms with Crippen molar-refractivity contribution in [3.05, 3.63) is 0 Å². The van der Waals surface area contributed by atoms with Gasteiger partial charge in [-0.2, -0.15) is 0 Å². The van der Waals surface area contributed by atoms with Crippen molar-refractivity contribution in [1.29, 1.82) is 0 Å². The average Bonchev–Trinajstić information content (AvgIpc) is 3.18. The largest absolute Gasteiger partial charge is 0.379 e. The van der Waals surface area contributed by atoms with Crippen LogP contribution in [0, 0.1) is 0 Å². The summed E-state index contributed by atoms with van der Waals surface area (Å²) < 4.78 is 5.01. The number of morpholine rings is 1. The van der Waals surface area contributed by atoms with Gasteiger partial charge in [-0.25, -0.2) is 0 Å². The normalized spacial score (nSPS) is 18.9. The number of hydrogen-bond acceptors (Lipinski definition) is 4. The summed E-state index contributed by atoms with van der Waals surface area (Å²) in [4.78, 5) is 2.38. The average molecular weight is 245 g/mol. The van der Waals surface area contributed by atoms with E-state index in [-0.39, 0.29) is 0 Å². The second-order valence-electron chi connectivity index (χ2n) is 4.32. The summed E-state index contributed by atoms with van der Waals surface area (Å²) in [6, 6.07) is 0.583. The highest BCUT2D eigenvalue weighted by Gasteiger charge is 2.13. The van der Waals surface area contributed by atoms with Crippen LogP contribution >= 0.6 is 0 Å². The number of hydrogen-bond donors (Lipinski definition) is 2. The molecule has 2 fully saturated rings. The molecule has 0 aromatic rings. The lowest BCUT2D eigenvalue weighted by Gasteiger charge is -2.13. The lowest BCUT2D eigenvalue weighted by atomic mass is 10.5. The number of ether oxygens (including phenoxy) is 1. The lowest BCUT2D eigenvalue weighted by molar-refractivity contribution is 0.109. The van der Waals surface area contributed by atoms with Crippen LogP contribution in [0.3, 0.4) is 0 Å². The van der Waals surface area contributed by atoms with E-state index in [2.05, 4.69) is 31.0 Å². The Labute approximate surface area is 107 Å². The van der Waals surface area contributed by atoms with E-state index in [4.69, 9.17) is 10.5 Å². The molecule has 4 heteroatoms. The van der Waals surface area contributed by atoms with E-state index in [0.29, 0.717) is 6.04 Å². The standard InChI is InChI=1S/C6H15N.C4H9NO.C3H7N/c1-4-7(5-2)6-3;1-3-6-4-2-5-1;4-3-1-2-3/h4-6H2,1-3H3;5H,1-4H2;3H,1-2,4H2. The SMILES string of the molecule is C1COCCN1.CCN(CC)CC.NC1CC1. The molecular formula is C13H31N3O. The predicted molar refractivity (Wildman–Crippen MR) is 74.4 cm³/mol. The van der Waals surface area contributed by atoms with Crippen molar-refractivity contribution in [1.82, 2.24) is 10.2 Å². The highest BCUT2D eigenvalue weighted by Crippen LogP contribution is 2.13. The van der Waals surface area contributed by atoms with Gasteiger partial charge in [0.1, 0.15) is 0 Å². The first-order valence-corrected chi connectivity index (χ1v) is 7.00. The van der Waals surface area contributed by atoms with Crippen LogP contribution in [-0.4, -0.2) is 56.9 Å². The molecule has 0 radical (unpaired) electrons. The van der Waals surface area contributed by atoms with Crippen LogP contribution in [0.4, 0.5) is 0 Å². The summed E-state index contributed by atoms with van der Waals surface area (Å²) in [6.45, 7) is 14.0. The van der Waals surface area contributed by atoms with Gasteiger partial charge in [0.05, 0.1) is 13.2 Å². The Hall–Kier alpha value is -0.160. The van der Waals surface area contributed by atoms with Gasteiger partial charge in [-0.15, -0.1) is 0 Å². The molecule has 1 aliphatic heterocycles. The van der Waals surface area contributed by atoms with Gasteiger partial charge in [-0.3, -0.25) is 0 Å². The van der Waals surface area contributed by atoms with Crippen LogP contribution in [-0.2, 0) is 4.74 Å². The minimum Gasteiger partial charge on any atom is -0.379 e. The summed E-state index contributed by atoms with van der Waals surface area (Å²) in [5.74, 6) is 0. The Kier molecular flexibility index (Phi) is 12.2. The molecule has 17 heavy (non-hydrogen) atoms. The molecule has 4 nitrogen and oxygen atoms in total. The van der Waals surface area contributed by atoms with Crippen molar-refractivity contribution in [2.75, 3.05) is 45.9 Å². The molecule has 104 valence electrons. The molecule has 1 heterocycles. The molecule has 1 saturated heterocycles. The minimum atomic E-state index is 0.583. The molecule has 0 bridgehead atoms. The molecular weight excluding hydrogens is 214 g/mol. The topological polar surface area (TPSA) is 50.5 Å². The lowest BCUT2D eigenvalue weighted by Crippen LogP contribution is -2.30. The van der Waals surface area contributed by atoms with E-state index in [1.165, 1.54) is 32.5 Å². The maximum absolute atomic E-state index is 5.22. The molecule has 3 N–H and O–H groups in total. The summed E-state index contributed by atoms with van der Waals surface area (Å²) in [6.07, 6.45) is 2.53. The molecule has 2 rings (SSSR count). The second-order valence-corrected chi connectivity index (χ2v) is 4.32. The first kappa shape index (κ1) is 16.8. The number of rotatable bonds is 3. The van der Waals surface area contributed by atoms with Gasteiger partial charge in [-0.1, -0.05) is 20.8 Å². The van der Waals surface area contributed by atoms with Crippen molar-refractivity contribution in [2.45, 2.75) is 39.7 Å². The van der Waals surface area contributed by atoms with E-state index in [0.717, 1.165) is 26.3 Å². The highest BCUT2D eigenvalue weighted by molar-refractivity contribution is 4.75. The Morgan fingerprint density at radius 3 is 1.53 bits per heavy atom. The van der Waals surface area contributed by atoms with Crippen LogP contribution in [0.5, 0.6) is 0 Å². The van der Waals surface area contributed by atoms with Gasteiger partial charge in [0.15, 0.2) is 0 Å². The zero-order chi connectivity index (χ0) is 12.9. The van der Waals surface area contributed by atoms with Gasteiger partial charge >= 0.3 is 0 Å². The van der Waals surface area contributed by atoms with Gasteiger partial charge in [-0.05, 0) is 32.5 Å². The summed E-state index contributed by atoms with van der Waals surface area (Å²) in [5.41, 5.74) is 5.22. The number of nitrogens with zero attached hydrogens (tertiary/aromatic N) is 1. The zero-order valence-corrected chi connectivity index (χ0v) is 11.9. The van der Waals surface area contributed by atoms with Crippen molar-refractivity contribution in [2.24, 2.45) is 5.73 Å². The summed E-state index contributed by atoms with van der Waals surface area (Å²) >= 11 is 0. The maximum atomic E-state index is 5.22. The van der Waals surface area contributed by atoms with Crippen LogP contribution < -0.4 is 11.1 Å². The first-order valence-electron chi connectivity index (χ1n) is 7.00. The van der Waals surface area contributed by atoms with Gasteiger partial charge in [0, 0.05) is 19.1 Å². The van der Waals surface area contributed by atoms with Crippen LogP contribution in [0.25, 0.3) is 0 Å². The number of nitrogens with one attached hydrogen (secondary N) is 1. The third-order valence-electron chi connectivity index (χ3n) is 2.81. The Morgan fingerprint density at radius 2 is 1.47 bits per heavy atom. The summed E-state index contributed by atoms with van der Waals surface area (Å²) in [7, 11) is 0.